The summed E-state index contributed by atoms with van der Waals surface area (Å²) in [5.74, 6) is 6.61. The highest BCUT2D eigenvalue weighted by Crippen LogP contribution is 1.94. The van der Waals surface area contributed by atoms with Crippen molar-refractivity contribution in [3.63, 3.8) is 0 Å². The molecule has 0 amide bonds. The van der Waals surface area contributed by atoms with E-state index in [-0.39, 0.29) is 0 Å². The van der Waals surface area contributed by atoms with E-state index in [1.54, 1.807) is 7.11 Å². The van der Waals surface area contributed by atoms with Gasteiger partial charge in [-0.25, -0.2) is 0 Å². The molecule has 10 heavy (non-hydrogen) atoms. The van der Waals surface area contributed by atoms with Crippen molar-refractivity contribution in [2.24, 2.45) is 0 Å². The number of rotatable bonds is 4. The van der Waals surface area contributed by atoms with Crippen molar-refractivity contribution in [2.75, 3.05) is 19.6 Å². The van der Waals surface area contributed by atoms with Gasteiger partial charge in [-0.3, -0.25) is 0 Å². The molecule has 0 unspecified atom stereocenters. The van der Waals surface area contributed by atoms with Crippen LogP contribution in [-0.2, 0) is 4.74 Å². The largest absolute Gasteiger partial charge is 0.372 e. The van der Waals surface area contributed by atoms with Gasteiger partial charge in [-0.05, 0) is 12.8 Å². The molecular formula is C8H13ClO. The number of ether oxygens (including phenoxy) is 1. The van der Waals surface area contributed by atoms with Gasteiger partial charge >= 0.3 is 0 Å². The van der Waals surface area contributed by atoms with Gasteiger partial charge in [0.25, 0.3) is 0 Å². The maximum atomic E-state index is 5.47. The van der Waals surface area contributed by atoms with Crippen molar-refractivity contribution in [1.29, 1.82) is 0 Å². The van der Waals surface area contributed by atoms with Crippen molar-refractivity contribution >= 4 is 11.6 Å². The number of unbranched alkanes of at least 4 members (excludes halogenated alkanes) is 2. The Balaban J connectivity index is 2.96. The van der Waals surface area contributed by atoms with E-state index in [9.17, 15) is 0 Å². The van der Waals surface area contributed by atoms with Gasteiger partial charge < -0.3 is 4.74 Å². The third-order valence-corrected chi connectivity index (χ3v) is 1.29. The van der Waals surface area contributed by atoms with Crippen LogP contribution in [0.1, 0.15) is 19.3 Å². The zero-order valence-electron chi connectivity index (χ0n) is 6.32. The number of hydrogen-bond donors (Lipinski definition) is 0. The van der Waals surface area contributed by atoms with Crippen LogP contribution in [0.3, 0.4) is 0 Å². The molecule has 1 nitrogen and oxygen atoms in total. The Morgan fingerprint density at radius 3 is 2.70 bits per heavy atom. The van der Waals surface area contributed by atoms with Crippen LogP contribution in [0.2, 0.25) is 0 Å². The van der Waals surface area contributed by atoms with Crippen LogP contribution in [0.25, 0.3) is 0 Å². The summed E-state index contributed by atoms with van der Waals surface area (Å²) in [6.45, 7) is 0.543. The van der Waals surface area contributed by atoms with Gasteiger partial charge in [-0.2, -0.15) is 0 Å². The van der Waals surface area contributed by atoms with Gasteiger partial charge in [-0.1, -0.05) is 5.92 Å². The Kier molecular flexibility index (Phi) is 8.64. The highest BCUT2D eigenvalue weighted by atomic mass is 35.5. The first-order valence-electron chi connectivity index (χ1n) is 3.42. The monoisotopic (exact) mass is 160 g/mol. The number of halogens is 1. The fourth-order valence-corrected chi connectivity index (χ4v) is 0.708. The topological polar surface area (TPSA) is 9.23 Å². The number of methoxy groups -OCH3 is 1. The Morgan fingerprint density at radius 2 is 2.10 bits per heavy atom. The number of hydrogen-bond acceptors (Lipinski definition) is 1. The van der Waals surface area contributed by atoms with Crippen LogP contribution in [-0.4, -0.2) is 19.6 Å². The Bertz CT molecular complexity index is 112. The zero-order chi connectivity index (χ0) is 7.66. The third-order valence-electron chi connectivity index (χ3n) is 1.03. The lowest BCUT2D eigenvalue weighted by molar-refractivity contribution is 0.239. The van der Waals surface area contributed by atoms with Crippen molar-refractivity contribution < 1.29 is 4.74 Å². The summed E-state index contributed by atoms with van der Waals surface area (Å²) in [4.78, 5) is 0. The molecule has 0 aliphatic rings. The second-order valence-electron chi connectivity index (χ2n) is 1.93. The lowest BCUT2D eigenvalue weighted by Gasteiger charge is -1.87. The summed E-state index contributed by atoms with van der Waals surface area (Å²) < 4.78 is 4.75. The summed E-state index contributed by atoms with van der Waals surface area (Å²) in [5, 5.41) is 0. The molecule has 0 aliphatic carbocycles. The second kappa shape index (κ2) is 8.81. The first-order valence-corrected chi connectivity index (χ1v) is 3.96. The van der Waals surface area contributed by atoms with Crippen LogP contribution in [0.5, 0.6) is 0 Å². The summed E-state index contributed by atoms with van der Waals surface area (Å²) in [6, 6.07) is 0. The van der Waals surface area contributed by atoms with Crippen LogP contribution in [0.4, 0.5) is 0 Å². The zero-order valence-corrected chi connectivity index (χ0v) is 7.08. The SMILES string of the molecule is COCC#CCCCCCl. The molecule has 0 bridgehead atoms. The summed E-state index contributed by atoms with van der Waals surface area (Å²) in [5.41, 5.74) is 0. The first kappa shape index (κ1) is 9.81. The van der Waals surface area contributed by atoms with Crippen molar-refractivity contribution in [1.82, 2.24) is 0 Å². The average Bonchev–Trinajstić information content (AvgIpc) is 1.97. The Morgan fingerprint density at radius 1 is 1.30 bits per heavy atom. The molecule has 0 aliphatic heterocycles. The molecule has 0 saturated carbocycles. The Hall–Kier alpha value is -0.190. The molecule has 58 valence electrons. The fraction of sp³-hybridized carbons (Fsp3) is 0.750. The Labute approximate surface area is 67.7 Å². The molecule has 0 N–H and O–H groups in total. The van der Waals surface area contributed by atoms with Gasteiger partial charge in [-0.15, -0.1) is 17.5 Å². The molecule has 0 radical (unpaired) electrons. The minimum absolute atomic E-state index is 0.543. The van der Waals surface area contributed by atoms with E-state index < -0.39 is 0 Å². The molecule has 0 aromatic heterocycles. The van der Waals surface area contributed by atoms with E-state index in [0.717, 1.165) is 25.1 Å². The number of alkyl halides is 1. The fourth-order valence-electron chi connectivity index (χ4n) is 0.519. The highest BCUT2D eigenvalue weighted by Gasteiger charge is 1.80. The first-order chi connectivity index (χ1) is 4.91. The van der Waals surface area contributed by atoms with E-state index in [4.69, 9.17) is 16.3 Å². The van der Waals surface area contributed by atoms with Crippen molar-refractivity contribution in [3.8, 4) is 11.8 Å². The molecule has 0 aromatic rings. The predicted molar refractivity (Wildman–Crippen MR) is 44.2 cm³/mol. The third kappa shape index (κ3) is 7.81. The smallest absolute Gasteiger partial charge is 0.107 e. The van der Waals surface area contributed by atoms with Gasteiger partial charge in [0.1, 0.15) is 6.61 Å². The van der Waals surface area contributed by atoms with E-state index in [1.807, 2.05) is 0 Å². The average molecular weight is 161 g/mol. The maximum absolute atomic E-state index is 5.47. The van der Waals surface area contributed by atoms with Gasteiger partial charge in [0.05, 0.1) is 0 Å². The molecule has 0 aromatic carbocycles. The lowest BCUT2D eigenvalue weighted by Crippen LogP contribution is -1.81. The standard InChI is InChI=1S/C8H13ClO/c1-10-8-6-4-2-3-5-7-9/h2-3,5,7-8H2,1H3. The second-order valence-corrected chi connectivity index (χ2v) is 2.31. The van der Waals surface area contributed by atoms with Gasteiger partial charge in [0.2, 0.25) is 0 Å². The molecule has 0 spiro atoms. The minimum atomic E-state index is 0.543. The molecular weight excluding hydrogens is 148 g/mol. The van der Waals surface area contributed by atoms with Crippen molar-refractivity contribution in [2.45, 2.75) is 19.3 Å². The van der Waals surface area contributed by atoms with Crippen LogP contribution >= 0.6 is 11.6 Å². The molecule has 2 heteroatoms. The van der Waals surface area contributed by atoms with Crippen LogP contribution < -0.4 is 0 Å². The van der Waals surface area contributed by atoms with E-state index >= 15 is 0 Å². The maximum Gasteiger partial charge on any atom is 0.107 e. The molecule has 0 atom stereocenters. The van der Waals surface area contributed by atoms with Crippen LogP contribution in [0, 0.1) is 11.8 Å². The summed E-state index contributed by atoms with van der Waals surface area (Å²) in [7, 11) is 1.65. The lowest BCUT2D eigenvalue weighted by atomic mass is 10.2. The highest BCUT2D eigenvalue weighted by molar-refractivity contribution is 6.17. The summed E-state index contributed by atoms with van der Waals surface area (Å²) >= 11 is 5.47. The molecule has 0 heterocycles. The quantitative estimate of drug-likeness (QED) is 0.348. The minimum Gasteiger partial charge on any atom is -0.372 e. The molecule has 0 fully saturated rings. The van der Waals surface area contributed by atoms with Gasteiger partial charge in [0.15, 0.2) is 0 Å². The van der Waals surface area contributed by atoms with E-state index in [1.165, 1.54) is 0 Å². The van der Waals surface area contributed by atoms with Gasteiger partial charge in [0, 0.05) is 19.4 Å². The van der Waals surface area contributed by atoms with E-state index in [2.05, 4.69) is 11.8 Å². The molecule has 0 rings (SSSR count). The summed E-state index contributed by atoms with van der Waals surface area (Å²) in [6.07, 6.45) is 3.10. The normalized spacial score (nSPS) is 8.60. The predicted octanol–water partition coefficient (Wildman–Crippen LogP) is 2.05. The van der Waals surface area contributed by atoms with Crippen molar-refractivity contribution in [3.05, 3.63) is 0 Å². The van der Waals surface area contributed by atoms with E-state index in [0.29, 0.717) is 6.61 Å². The molecule has 0 saturated heterocycles. The van der Waals surface area contributed by atoms with Crippen LogP contribution in [0.15, 0.2) is 0 Å².